The Bertz CT molecular complexity index is 1050. The van der Waals surface area contributed by atoms with E-state index in [1.165, 1.54) is 12.1 Å². The number of hydrogen-bond acceptors (Lipinski definition) is 5. The molecular formula is C19H15FN4O2. The second kappa shape index (κ2) is 6.44. The highest BCUT2D eigenvalue weighted by Crippen LogP contribution is 2.30. The topological polar surface area (TPSA) is 66.0 Å². The van der Waals surface area contributed by atoms with E-state index in [1.54, 1.807) is 30.1 Å². The van der Waals surface area contributed by atoms with Crippen molar-refractivity contribution in [1.82, 2.24) is 19.9 Å². The van der Waals surface area contributed by atoms with E-state index in [0.717, 1.165) is 16.9 Å². The van der Waals surface area contributed by atoms with Crippen molar-refractivity contribution < 1.29 is 13.7 Å². The lowest BCUT2D eigenvalue weighted by Crippen LogP contribution is -1.98. The number of nitrogens with zero attached hydrogens (tertiary/aromatic N) is 4. The molecule has 0 spiro atoms. The third-order valence-electron chi connectivity index (χ3n) is 4.09. The zero-order chi connectivity index (χ0) is 18.1. The summed E-state index contributed by atoms with van der Waals surface area (Å²) in [5.74, 6) is 1.17. The van der Waals surface area contributed by atoms with Gasteiger partial charge in [-0.3, -0.25) is 0 Å². The van der Waals surface area contributed by atoms with Crippen LogP contribution in [-0.2, 0) is 0 Å². The minimum atomic E-state index is -0.294. The third-order valence-corrected chi connectivity index (χ3v) is 4.09. The summed E-state index contributed by atoms with van der Waals surface area (Å²) in [4.78, 5) is 4.47. The largest absolute Gasteiger partial charge is 0.496 e. The van der Waals surface area contributed by atoms with E-state index >= 15 is 0 Å². The van der Waals surface area contributed by atoms with Crippen LogP contribution in [0.15, 0.2) is 59.3 Å². The lowest BCUT2D eigenvalue weighted by molar-refractivity contribution is 0.413. The van der Waals surface area contributed by atoms with Crippen LogP contribution in [0.4, 0.5) is 4.39 Å². The first kappa shape index (κ1) is 16.0. The first-order valence-electron chi connectivity index (χ1n) is 7.95. The van der Waals surface area contributed by atoms with Crippen molar-refractivity contribution >= 4 is 0 Å². The molecule has 0 atom stereocenters. The quantitative estimate of drug-likeness (QED) is 0.556. The van der Waals surface area contributed by atoms with Crippen LogP contribution in [0.5, 0.6) is 5.75 Å². The number of benzene rings is 2. The average Bonchev–Trinajstić information content (AvgIpc) is 3.29. The van der Waals surface area contributed by atoms with Gasteiger partial charge >= 0.3 is 0 Å². The molecule has 6 nitrogen and oxygen atoms in total. The molecule has 0 aliphatic rings. The highest BCUT2D eigenvalue weighted by molar-refractivity contribution is 5.66. The third kappa shape index (κ3) is 2.73. The van der Waals surface area contributed by atoms with Crippen molar-refractivity contribution in [3.63, 3.8) is 0 Å². The summed E-state index contributed by atoms with van der Waals surface area (Å²) in [5.41, 5.74) is 3.02. The Morgan fingerprint density at radius 3 is 2.58 bits per heavy atom. The van der Waals surface area contributed by atoms with Gasteiger partial charge in [0.1, 0.15) is 11.6 Å². The van der Waals surface area contributed by atoms with E-state index in [2.05, 4.69) is 15.2 Å². The maximum Gasteiger partial charge on any atom is 0.261 e. The molecule has 0 saturated carbocycles. The molecule has 0 bridgehead atoms. The zero-order valence-corrected chi connectivity index (χ0v) is 14.2. The number of ether oxygens (including phenoxy) is 1. The van der Waals surface area contributed by atoms with Gasteiger partial charge in [-0.1, -0.05) is 17.3 Å². The molecule has 0 unspecified atom stereocenters. The van der Waals surface area contributed by atoms with Gasteiger partial charge in [0.25, 0.3) is 5.89 Å². The summed E-state index contributed by atoms with van der Waals surface area (Å²) in [5, 5.41) is 8.40. The van der Waals surface area contributed by atoms with Crippen molar-refractivity contribution in [2.45, 2.75) is 6.92 Å². The molecule has 0 aliphatic carbocycles. The normalized spacial score (nSPS) is 10.9. The first-order valence-corrected chi connectivity index (χ1v) is 7.95. The Kier molecular flexibility index (Phi) is 3.96. The van der Waals surface area contributed by atoms with Crippen LogP contribution in [-0.4, -0.2) is 27.0 Å². The standard InChI is InChI=1S/C19H15FN4O2/c1-12-16(11-21-24(12)14-9-7-13(20)8-10-14)19-22-18(23-26-19)15-5-3-4-6-17(15)25-2/h3-11H,1-2H3. The summed E-state index contributed by atoms with van der Waals surface area (Å²) in [6.07, 6.45) is 1.65. The molecular weight excluding hydrogens is 335 g/mol. The Morgan fingerprint density at radius 1 is 1.04 bits per heavy atom. The SMILES string of the molecule is COc1ccccc1-c1noc(-c2cnn(-c3ccc(F)cc3)c2C)n1. The fourth-order valence-corrected chi connectivity index (χ4v) is 2.73. The molecule has 0 N–H and O–H groups in total. The number of rotatable bonds is 4. The van der Waals surface area contributed by atoms with E-state index in [9.17, 15) is 4.39 Å². The van der Waals surface area contributed by atoms with Gasteiger partial charge in [-0.15, -0.1) is 0 Å². The lowest BCUT2D eigenvalue weighted by Gasteiger charge is -2.04. The van der Waals surface area contributed by atoms with Gasteiger partial charge < -0.3 is 9.26 Å². The number of hydrogen-bond donors (Lipinski definition) is 0. The van der Waals surface area contributed by atoms with E-state index in [1.807, 2.05) is 31.2 Å². The van der Waals surface area contributed by atoms with Crippen LogP contribution in [0.1, 0.15) is 5.69 Å². The molecule has 0 radical (unpaired) electrons. The Hall–Kier alpha value is -3.48. The van der Waals surface area contributed by atoms with Crippen molar-refractivity contribution in [2.24, 2.45) is 0 Å². The first-order chi connectivity index (χ1) is 12.7. The smallest absolute Gasteiger partial charge is 0.261 e. The highest BCUT2D eigenvalue weighted by atomic mass is 19.1. The molecule has 130 valence electrons. The van der Waals surface area contributed by atoms with Crippen molar-refractivity contribution in [3.8, 4) is 34.3 Å². The van der Waals surface area contributed by atoms with Gasteiger partial charge in [0.15, 0.2) is 0 Å². The predicted molar refractivity (Wildman–Crippen MR) is 93.5 cm³/mol. The van der Waals surface area contributed by atoms with Crippen LogP contribution in [0, 0.1) is 12.7 Å². The Balaban J connectivity index is 1.72. The maximum atomic E-state index is 13.1. The highest BCUT2D eigenvalue weighted by Gasteiger charge is 2.18. The van der Waals surface area contributed by atoms with Crippen LogP contribution in [0.2, 0.25) is 0 Å². The van der Waals surface area contributed by atoms with E-state index in [4.69, 9.17) is 9.26 Å². The molecule has 4 rings (SSSR count). The van der Waals surface area contributed by atoms with Gasteiger partial charge in [-0.2, -0.15) is 10.1 Å². The van der Waals surface area contributed by atoms with Crippen LogP contribution < -0.4 is 4.74 Å². The van der Waals surface area contributed by atoms with Gasteiger partial charge in [0, 0.05) is 0 Å². The molecule has 0 amide bonds. The fourth-order valence-electron chi connectivity index (χ4n) is 2.73. The summed E-state index contributed by atoms with van der Waals surface area (Å²) in [6.45, 7) is 1.89. The average molecular weight is 350 g/mol. The van der Waals surface area contributed by atoms with Crippen molar-refractivity contribution in [1.29, 1.82) is 0 Å². The lowest BCUT2D eigenvalue weighted by atomic mass is 10.2. The number of halogens is 1. The summed E-state index contributed by atoms with van der Waals surface area (Å²) in [6, 6.07) is 13.6. The van der Waals surface area contributed by atoms with Crippen molar-refractivity contribution in [2.75, 3.05) is 7.11 Å². The Labute approximate surface area is 148 Å². The molecule has 4 aromatic rings. The molecule has 26 heavy (non-hydrogen) atoms. The molecule has 2 heterocycles. The summed E-state index contributed by atoms with van der Waals surface area (Å²) in [7, 11) is 1.59. The van der Waals surface area contributed by atoms with E-state index in [0.29, 0.717) is 23.0 Å². The summed E-state index contributed by atoms with van der Waals surface area (Å²) >= 11 is 0. The molecule has 2 aromatic heterocycles. The van der Waals surface area contributed by atoms with Crippen LogP contribution >= 0.6 is 0 Å². The monoisotopic (exact) mass is 350 g/mol. The van der Waals surface area contributed by atoms with Gasteiger partial charge in [0.2, 0.25) is 5.82 Å². The molecule has 0 saturated heterocycles. The van der Waals surface area contributed by atoms with Gasteiger partial charge in [-0.05, 0) is 43.3 Å². The van der Waals surface area contributed by atoms with Crippen LogP contribution in [0.3, 0.4) is 0 Å². The van der Waals surface area contributed by atoms with Crippen LogP contribution in [0.25, 0.3) is 28.5 Å². The van der Waals surface area contributed by atoms with Gasteiger partial charge in [0.05, 0.1) is 35.8 Å². The Morgan fingerprint density at radius 2 is 1.81 bits per heavy atom. The molecule has 7 heteroatoms. The zero-order valence-electron chi connectivity index (χ0n) is 14.2. The number of para-hydroxylation sites is 1. The van der Waals surface area contributed by atoms with E-state index in [-0.39, 0.29) is 5.82 Å². The predicted octanol–water partition coefficient (Wildman–Crippen LogP) is 4.05. The number of methoxy groups -OCH3 is 1. The van der Waals surface area contributed by atoms with E-state index < -0.39 is 0 Å². The summed E-state index contributed by atoms with van der Waals surface area (Å²) < 4.78 is 25.6. The second-order valence-corrected chi connectivity index (χ2v) is 5.66. The molecule has 2 aromatic carbocycles. The fraction of sp³-hybridized carbons (Fsp3) is 0.105. The molecule has 0 aliphatic heterocycles. The molecule has 0 fully saturated rings. The van der Waals surface area contributed by atoms with Crippen molar-refractivity contribution in [3.05, 3.63) is 66.2 Å². The minimum Gasteiger partial charge on any atom is -0.496 e. The maximum absolute atomic E-state index is 13.1. The number of aromatic nitrogens is 4. The minimum absolute atomic E-state index is 0.294. The van der Waals surface area contributed by atoms with Gasteiger partial charge in [-0.25, -0.2) is 9.07 Å². The second-order valence-electron chi connectivity index (χ2n) is 5.66.